The average Bonchev–Trinajstić information content (AvgIpc) is 2.79. The number of amides is 5. The Bertz CT molecular complexity index is 967. The van der Waals surface area contributed by atoms with E-state index in [9.17, 15) is 48.3 Å². The van der Waals surface area contributed by atoms with Crippen LogP contribution in [0, 0.1) is 0 Å². The van der Waals surface area contributed by atoms with Gasteiger partial charge in [-0.15, -0.1) is 0 Å². The minimum atomic E-state index is -1.70. The SMILES string of the molecule is CC(=O)N[C@@H](CC(N)=O)C(=O)N[C@@H](CCC(=O)O)C(=O)N[C@@H](CCC(=O)O)C(=O)N[C@@H](CCC(=O)O)C(=O)O. The van der Waals surface area contributed by atoms with E-state index in [4.69, 9.17) is 21.1 Å². The first-order chi connectivity index (χ1) is 18.0. The molecule has 0 unspecified atom stereocenters. The highest BCUT2D eigenvalue weighted by Crippen LogP contribution is 2.06. The summed E-state index contributed by atoms with van der Waals surface area (Å²) in [6.07, 6.45) is -4.28. The third kappa shape index (κ3) is 15.2. The third-order valence-electron chi connectivity index (χ3n) is 4.92. The number of carboxylic acids is 4. The van der Waals surface area contributed by atoms with E-state index in [2.05, 4.69) is 16.0 Å². The molecule has 18 heteroatoms. The highest BCUT2D eigenvalue weighted by molar-refractivity contribution is 5.96. The fraction of sp³-hybridized carbons (Fsp3) is 0.571. The van der Waals surface area contributed by atoms with Crippen LogP contribution < -0.4 is 27.0 Å². The van der Waals surface area contributed by atoms with Crippen LogP contribution in [0.1, 0.15) is 51.9 Å². The van der Waals surface area contributed by atoms with Gasteiger partial charge in [0.25, 0.3) is 0 Å². The zero-order chi connectivity index (χ0) is 30.3. The van der Waals surface area contributed by atoms with Gasteiger partial charge in [0.05, 0.1) is 6.42 Å². The van der Waals surface area contributed by atoms with Crippen LogP contribution in [0.5, 0.6) is 0 Å². The van der Waals surface area contributed by atoms with Gasteiger partial charge in [0.1, 0.15) is 24.2 Å². The Labute approximate surface area is 220 Å². The van der Waals surface area contributed by atoms with E-state index in [0.29, 0.717) is 0 Å². The first kappa shape index (κ1) is 34.2. The molecule has 218 valence electrons. The van der Waals surface area contributed by atoms with Crippen LogP contribution in [0.3, 0.4) is 0 Å². The van der Waals surface area contributed by atoms with Gasteiger partial charge in [0, 0.05) is 26.2 Å². The van der Waals surface area contributed by atoms with Crippen molar-refractivity contribution in [2.24, 2.45) is 5.73 Å². The van der Waals surface area contributed by atoms with Crippen molar-refractivity contribution in [1.82, 2.24) is 21.3 Å². The number of nitrogens with one attached hydrogen (secondary N) is 4. The molecule has 0 saturated carbocycles. The minimum absolute atomic E-state index is 0.530. The van der Waals surface area contributed by atoms with Crippen molar-refractivity contribution in [1.29, 1.82) is 0 Å². The van der Waals surface area contributed by atoms with E-state index in [-0.39, 0.29) is 0 Å². The molecule has 0 aliphatic carbocycles. The van der Waals surface area contributed by atoms with Gasteiger partial charge in [-0.2, -0.15) is 0 Å². The third-order valence-corrected chi connectivity index (χ3v) is 4.92. The van der Waals surface area contributed by atoms with E-state index in [0.717, 1.165) is 6.92 Å². The predicted molar refractivity (Wildman–Crippen MR) is 125 cm³/mol. The first-order valence-corrected chi connectivity index (χ1v) is 11.4. The quantitative estimate of drug-likeness (QED) is 0.0740. The summed E-state index contributed by atoms with van der Waals surface area (Å²) >= 11 is 0. The molecular formula is C21H31N5O13. The van der Waals surface area contributed by atoms with E-state index in [1.54, 1.807) is 0 Å². The largest absolute Gasteiger partial charge is 0.481 e. The Kier molecular flexibility index (Phi) is 14.8. The topological polar surface area (TPSA) is 309 Å². The Hall–Kier alpha value is -4.77. The lowest BCUT2D eigenvalue weighted by Gasteiger charge is -2.25. The first-order valence-electron chi connectivity index (χ1n) is 11.4. The molecule has 0 aromatic heterocycles. The van der Waals surface area contributed by atoms with Crippen LogP contribution in [-0.4, -0.2) is 98.0 Å². The lowest BCUT2D eigenvalue weighted by Crippen LogP contribution is -2.58. The monoisotopic (exact) mass is 561 g/mol. The molecule has 0 aliphatic heterocycles. The van der Waals surface area contributed by atoms with Crippen molar-refractivity contribution in [2.75, 3.05) is 0 Å². The normalized spacial score (nSPS) is 13.5. The molecular weight excluding hydrogens is 530 g/mol. The number of carboxylic acid groups (broad SMARTS) is 4. The van der Waals surface area contributed by atoms with Gasteiger partial charge in [-0.25, -0.2) is 4.79 Å². The van der Waals surface area contributed by atoms with Gasteiger partial charge < -0.3 is 47.4 Å². The second-order valence-electron chi connectivity index (χ2n) is 8.24. The molecule has 0 bridgehead atoms. The second kappa shape index (κ2) is 16.9. The molecule has 5 amide bonds. The molecule has 0 aromatic carbocycles. The molecule has 0 rings (SSSR count). The number of aliphatic carboxylic acids is 4. The molecule has 0 fully saturated rings. The van der Waals surface area contributed by atoms with Crippen LogP contribution in [-0.2, 0) is 43.2 Å². The number of nitrogens with two attached hydrogens (primary N) is 1. The lowest BCUT2D eigenvalue weighted by atomic mass is 10.1. The molecule has 0 saturated heterocycles. The van der Waals surface area contributed by atoms with Crippen molar-refractivity contribution in [2.45, 2.75) is 76.0 Å². The molecule has 0 aliphatic rings. The van der Waals surface area contributed by atoms with Crippen molar-refractivity contribution in [3.63, 3.8) is 0 Å². The smallest absolute Gasteiger partial charge is 0.326 e. The highest BCUT2D eigenvalue weighted by Gasteiger charge is 2.32. The fourth-order valence-corrected chi connectivity index (χ4v) is 3.07. The average molecular weight is 562 g/mol. The number of carbonyl (C=O) groups is 9. The summed E-state index contributed by atoms with van der Waals surface area (Å²) in [4.78, 5) is 105. The van der Waals surface area contributed by atoms with E-state index < -0.39 is 123 Å². The van der Waals surface area contributed by atoms with E-state index >= 15 is 0 Å². The number of carbonyl (C=O) groups excluding carboxylic acids is 5. The zero-order valence-corrected chi connectivity index (χ0v) is 20.8. The van der Waals surface area contributed by atoms with Crippen LogP contribution in [0.4, 0.5) is 0 Å². The van der Waals surface area contributed by atoms with Gasteiger partial charge in [0.15, 0.2) is 0 Å². The van der Waals surface area contributed by atoms with Crippen LogP contribution in [0.15, 0.2) is 0 Å². The van der Waals surface area contributed by atoms with Gasteiger partial charge in [0.2, 0.25) is 29.5 Å². The minimum Gasteiger partial charge on any atom is -0.481 e. The highest BCUT2D eigenvalue weighted by atomic mass is 16.4. The maximum Gasteiger partial charge on any atom is 0.326 e. The van der Waals surface area contributed by atoms with Crippen molar-refractivity contribution >= 4 is 53.4 Å². The summed E-state index contributed by atoms with van der Waals surface area (Å²) in [5, 5.41) is 44.4. The second-order valence-corrected chi connectivity index (χ2v) is 8.24. The standard InChI is InChI=1S/C21H31N5O13/c1-9(27)23-13(8-14(22)28)20(37)25-10(2-5-15(29)30)18(35)24-11(3-6-16(31)32)19(36)26-12(21(38)39)4-7-17(33)34/h10-13H,2-8H2,1H3,(H2,22,28)(H,23,27)(H,24,35)(H,25,37)(H,26,36)(H,29,30)(H,31,32)(H,33,34)(H,38,39)/t10-,11-,12-,13-/m0/s1. The van der Waals surface area contributed by atoms with Gasteiger partial charge in [-0.05, 0) is 19.3 Å². The maximum atomic E-state index is 12.9. The number of rotatable bonds is 19. The summed E-state index contributed by atoms with van der Waals surface area (Å²) in [6.45, 7) is 1.03. The molecule has 0 radical (unpaired) electrons. The molecule has 4 atom stereocenters. The Morgan fingerprint density at radius 1 is 0.564 bits per heavy atom. The summed E-state index contributed by atoms with van der Waals surface area (Å²) < 4.78 is 0. The molecule has 39 heavy (non-hydrogen) atoms. The van der Waals surface area contributed by atoms with Gasteiger partial charge in [-0.1, -0.05) is 0 Å². The zero-order valence-electron chi connectivity index (χ0n) is 20.8. The van der Waals surface area contributed by atoms with Crippen molar-refractivity contribution in [3.05, 3.63) is 0 Å². The van der Waals surface area contributed by atoms with Gasteiger partial charge >= 0.3 is 23.9 Å². The summed E-state index contributed by atoms with van der Waals surface area (Å²) in [5.41, 5.74) is 5.06. The number of hydrogen-bond donors (Lipinski definition) is 9. The number of hydrogen-bond acceptors (Lipinski definition) is 9. The Balaban J connectivity index is 5.88. The van der Waals surface area contributed by atoms with Crippen LogP contribution in [0.2, 0.25) is 0 Å². The lowest BCUT2D eigenvalue weighted by molar-refractivity contribution is -0.144. The Morgan fingerprint density at radius 2 is 0.897 bits per heavy atom. The molecule has 0 heterocycles. The van der Waals surface area contributed by atoms with Crippen molar-refractivity contribution < 1.29 is 63.6 Å². The maximum absolute atomic E-state index is 12.9. The molecule has 18 nitrogen and oxygen atoms in total. The summed E-state index contributed by atoms with van der Waals surface area (Å²) in [5.74, 6) is -10.9. The molecule has 10 N–H and O–H groups in total. The van der Waals surface area contributed by atoms with E-state index in [1.807, 2.05) is 5.32 Å². The molecule has 0 aromatic rings. The molecule has 0 spiro atoms. The summed E-state index contributed by atoms with van der Waals surface area (Å²) in [6, 6.07) is -6.59. The number of primary amides is 1. The van der Waals surface area contributed by atoms with E-state index in [1.165, 1.54) is 0 Å². The summed E-state index contributed by atoms with van der Waals surface area (Å²) in [7, 11) is 0. The predicted octanol–water partition coefficient (Wildman–Crippen LogP) is -3.50. The van der Waals surface area contributed by atoms with Gasteiger partial charge in [-0.3, -0.25) is 38.4 Å². The van der Waals surface area contributed by atoms with Crippen LogP contribution in [0.25, 0.3) is 0 Å². The van der Waals surface area contributed by atoms with Crippen LogP contribution >= 0.6 is 0 Å². The fourth-order valence-electron chi connectivity index (χ4n) is 3.07. The van der Waals surface area contributed by atoms with Crippen molar-refractivity contribution in [3.8, 4) is 0 Å². The Morgan fingerprint density at radius 3 is 1.21 bits per heavy atom.